The number of hydrogen-bond donors (Lipinski definition) is 2. The molecular weight excluding hydrogens is 290 g/mol. The lowest BCUT2D eigenvalue weighted by Crippen LogP contribution is -2.11. The first-order valence-corrected chi connectivity index (χ1v) is 7.37. The number of aryl methyl sites for hydroxylation is 4. The number of aromatic amines is 1. The molecule has 0 radical (unpaired) electrons. The first kappa shape index (κ1) is 15.0. The van der Waals surface area contributed by atoms with E-state index in [4.69, 9.17) is 0 Å². The quantitative estimate of drug-likeness (QED) is 0.781. The Morgan fingerprint density at radius 1 is 1.13 bits per heavy atom. The first-order valence-electron chi connectivity index (χ1n) is 7.37. The number of anilines is 1. The van der Waals surface area contributed by atoms with E-state index in [0.717, 1.165) is 11.3 Å². The second kappa shape index (κ2) is 5.72. The molecule has 0 fully saturated rings. The Bertz CT molecular complexity index is 875. The topological polar surface area (TPSA) is 75.6 Å². The lowest BCUT2D eigenvalue weighted by molar-refractivity contribution is 0.102. The highest BCUT2D eigenvalue weighted by molar-refractivity contribution is 6.03. The molecule has 1 aromatic carbocycles. The normalized spacial score (nSPS) is 10.8. The maximum atomic E-state index is 12.1. The van der Waals surface area contributed by atoms with E-state index in [1.165, 1.54) is 22.9 Å². The predicted octanol–water partition coefficient (Wildman–Crippen LogP) is 2.99. The molecule has 2 N–H and O–H groups in total. The van der Waals surface area contributed by atoms with E-state index in [2.05, 4.69) is 53.5 Å². The number of rotatable bonds is 3. The molecule has 0 unspecified atom stereocenters. The Morgan fingerprint density at radius 3 is 2.57 bits per heavy atom. The molecule has 6 nitrogen and oxygen atoms in total. The van der Waals surface area contributed by atoms with Gasteiger partial charge in [0.1, 0.15) is 0 Å². The van der Waals surface area contributed by atoms with Gasteiger partial charge in [-0.2, -0.15) is 10.2 Å². The van der Waals surface area contributed by atoms with Crippen LogP contribution in [0.5, 0.6) is 0 Å². The molecule has 0 aliphatic rings. The average Bonchev–Trinajstić information content (AvgIpc) is 3.12. The summed E-state index contributed by atoms with van der Waals surface area (Å²) < 4.78 is 1.59. The maximum absolute atomic E-state index is 12.1. The molecule has 6 heteroatoms. The van der Waals surface area contributed by atoms with Crippen LogP contribution in [0.3, 0.4) is 0 Å². The van der Waals surface area contributed by atoms with Crippen molar-refractivity contribution in [2.24, 2.45) is 7.05 Å². The SMILES string of the molecule is Cc1cc(C)c(-c2cc(NC(=O)c3cnn(C)c3)n[nH]2)cc1C. The summed E-state index contributed by atoms with van der Waals surface area (Å²) in [6.07, 6.45) is 3.19. The van der Waals surface area contributed by atoms with E-state index in [-0.39, 0.29) is 5.91 Å². The van der Waals surface area contributed by atoms with Crippen molar-refractivity contribution < 1.29 is 4.79 Å². The van der Waals surface area contributed by atoms with Gasteiger partial charge in [0.25, 0.3) is 5.91 Å². The highest BCUT2D eigenvalue weighted by Crippen LogP contribution is 2.26. The van der Waals surface area contributed by atoms with Crippen molar-refractivity contribution in [3.8, 4) is 11.3 Å². The predicted molar refractivity (Wildman–Crippen MR) is 89.4 cm³/mol. The number of H-pyrrole nitrogens is 1. The molecule has 0 saturated heterocycles. The van der Waals surface area contributed by atoms with E-state index in [1.54, 1.807) is 17.9 Å². The van der Waals surface area contributed by atoms with Gasteiger partial charge >= 0.3 is 0 Å². The number of benzene rings is 1. The van der Waals surface area contributed by atoms with Gasteiger partial charge in [-0.15, -0.1) is 0 Å². The molecule has 2 aromatic heterocycles. The van der Waals surface area contributed by atoms with Crippen molar-refractivity contribution in [1.82, 2.24) is 20.0 Å². The molecule has 0 aliphatic carbocycles. The van der Waals surface area contributed by atoms with Crippen molar-refractivity contribution in [1.29, 1.82) is 0 Å². The largest absolute Gasteiger partial charge is 0.305 e. The third kappa shape index (κ3) is 3.01. The van der Waals surface area contributed by atoms with Crippen LogP contribution in [0.15, 0.2) is 30.6 Å². The lowest BCUT2D eigenvalue weighted by atomic mass is 9.99. The third-order valence-electron chi connectivity index (χ3n) is 3.92. The van der Waals surface area contributed by atoms with Crippen LogP contribution < -0.4 is 5.32 Å². The Morgan fingerprint density at radius 2 is 1.87 bits per heavy atom. The fourth-order valence-corrected chi connectivity index (χ4v) is 2.50. The molecule has 2 heterocycles. The van der Waals surface area contributed by atoms with Crippen molar-refractivity contribution in [2.45, 2.75) is 20.8 Å². The van der Waals surface area contributed by atoms with Crippen molar-refractivity contribution >= 4 is 11.7 Å². The summed E-state index contributed by atoms with van der Waals surface area (Å²) in [6.45, 7) is 6.24. The number of carbonyl (C=O) groups is 1. The summed E-state index contributed by atoms with van der Waals surface area (Å²) in [7, 11) is 1.77. The Labute approximate surface area is 134 Å². The monoisotopic (exact) mass is 309 g/mol. The van der Waals surface area contributed by atoms with Crippen LogP contribution >= 0.6 is 0 Å². The van der Waals surface area contributed by atoms with E-state index in [1.807, 2.05) is 6.07 Å². The van der Waals surface area contributed by atoms with Crippen LogP contribution in [0, 0.1) is 20.8 Å². The summed E-state index contributed by atoms with van der Waals surface area (Å²) in [4.78, 5) is 12.1. The molecule has 3 rings (SSSR count). The molecule has 0 spiro atoms. The van der Waals surface area contributed by atoms with Gasteiger partial charge in [-0.1, -0.05) is 6.07 Å². The van der Waals surface area contributed by atoms with Gasteiger partial charge in [0.05, 0.1) is 17.5 Å². The molecule has 1 amide bonds. The zero-order valence-corrected chi connectivity index (χ0v) is 13.6. The van der Waals surface area contributed by atoms with E-state index < -0.39 is 0 Å². The van der Waals surface area contributed by atoms with Gasteiger partial charge < -0.3 is 5.32 Å². The van der Waals surface area contributed by atoms with Crippen LogP contribution in [0.1, 0.15) is 27.0 Å². The lowest BCUT2D eigenvalue weighted by Gasteiger charge is -2.07. The Kier molecular flexibility index (Phi) is 3.73. The average molecular weight is 309 g/mol. The van der Waals surface area contributed by atoms with Crippen LogP contribution in [-0.4, -0.2) is 25.9 Å². The molecular formula is C17H19N5O. The number of aromatic nitrogens is 4. The minimum Gasteiger partial charge on any atom is -0.305 e. The Hall–Kier alpha value is -2.89. The fraction of sp³-hybridized carbons (Fsp3) is 0.235. The van der Waals surface area contributed by atoms with Crippen molar-refractivity contribution in [2.75, 3.05) is 5.32 Å². The third-order valence-corrected chi connectivity index (χ3v) is 3.92. The minimum absolute atomic E-state index is 0.229. The second-order valence-electron chi connectivity index (χ2n) is 5.78. The van der Waals surface area contributed by atoms with Crippen LogP contribution in [0.4, 0.5) is 5.82 Å². The molecule has 0 bridgehead atoms. The zero-order valence-electron chi connectivity index (χ0n) is 13.6. The summed E-state index contributed by atoms with van der Waals surface area (Å²) in [5, 5.41) is 13.9. The van der Waals surface area contributed by atoms with E-state index in [0.29, 0.717) is 11.4 Å². The molecule has 23 heavy (non-hydrogen) atoms. The van der Waals surface area contributed by atoms with Gasteiger partial charge in [-0.3, -0.25) is 14.6 Å². The second-order valence-corrected chi connectivity index (χ2v) is 5.78. The smallest absolute Gasteiger partial charge is 0.260 e. The summed E-state index contributed by atoms with van der Waals surface area (Å²) in [5.41, 5.74) is 6.12. The van der Waals surface area contributed by atoms with Gasteiger partial charge in [-0.05, 0) is 43.5 Å². The number of nitrogens with zero attached hydrogens (tertiary/aromatic N) is 3. The zero-order chi connectivity index (χ0) is 16.6. The molecule has 118 valence electrons. The van der Waals surface area contributed by atoms with Gasteiger partial charge in [-0.25, -0.2) is 0 Å². The summed E-state index contributed by atoms with van der Waals surface area (Å²) >= 11 is 0. The molecule has 0 aliphatic heterocycles. The van der Waals surface area contributed by atoms with Gasteiger partial charge in [0.15, 0.2) is 5.82 Å². The van der Waals surface area contributed by atoms with Crippen molar-refractivity contribution in [3.05, 3.63) is 52.8 Å². The van der Waals surface area contributed by atoms with Crippen LogP contribution in [-0.2, 0) is 7.05 Å². The Balaban J connectivity index is 1.83. The number of amides is 1. The van der Waals surface area contributed by atoms with E-state index in [9.17, 15) is 4.79 Å². The highest BCUT2D eigenvalue weighted by Gasteiger charge is 2.12. The van der Waals surface area contributed by atoms with Gasteiger partial charge in [0.2, 0.25) is 0 Å². The van der Waals surface area contributed by atoms with Gasteiger partial charge in [0, 0.05) is 24.9 Å². The van der Waals surface area contributed by atoms with E-state index >= 15 is 0 Å². The van der Waals surface area contributed by atoms with Crippen molar-refractivity contribution in [3.63, 3.8) is 0 Å². The number of nitrogens with one attached hydrogen (secondary N) is 2. The number of hydrogen-bond acceptors (Lipinski definition) is 3. The standard InChI is InChI=1S/C17H19N5O/c1-10-5-12(3)14(6-11(10)2)15-7-16(21-20-15)19-17(23)13-8-18-22(4)9-13/h5-9H,1-4H3,(H2,19,20,21,23). The highest BCUT2D eigenvalue weighted by atomic mass is 16.1. The summed E-state index contributed by atoms with van der Waals surface area (Å²) in [6, 6.07) is 6.12. The molecule has 3 aromatic rings. The first-order chi connectivity index (χ1) is 10.9. The van der Waals surface area contributed by atoms with Crippen LogP contribution in [0.2, 0.25) is 0 Å². The number of carbonyl (C=O) groups excluding carboxylic acids is 1. The molecule has 0 atom stereocenters. The fourth-order valence-electron chi connectivity index (χ4n) is 2.50. The maximum Gasteiger partial charge on any atom is 0.260 e. The minimum atomic E-state index is -0.229. The molecule has 0 saturated carbocycles. The van der Waals surface area contributed by atoms with Crippen LogP contribution in [0.25, 0.3) is 11.3 Å². The summed E-state index contributed by atoms with van der Waals surface area (Å²) in [5.74, 6) is 0.263.